The molecule has 1 N–H and O–H groups in total. The number of hydrogen-bond donors (Lipinski definition) is 1. The second-order valence-electron chi connectivity index (χ2n) is 6.90. The van der Waals surface area contributed by atoms with Gasteiger partial charge in [0.1, 0.15) is 5.82 Å². The molecule has 2 amide bonds. The van der Waals surface area contributed by atoms with E-state index >= 15 is 0 Å². The van der Waals surface area contributed by atoms with Crippen molar-refractivity contribution < 1.29 is 14.0 Å². The zero-order valence-electron chi connectivity index (χ0n) is 15.7. The van der Waals surface area contributed by atoms with E-state index in [-0.39, 0.29) is 16.5 Å². The number of amides is 2. The average molecular weight is 429 g/mol. The molecule has 3 aromatic rings. The predicted octanol–water partition coefficient (Wildman–Crippen LogP) is 5.30. The molecule has 4 nitrogen and oxygen atoms in total. The van der Waals surface area contributed by atoms with Gasteiger partial charge < -0.3 is 10.2 Å². The van der Waals surface area contributed by atoms with Crippen LogP contribution in [0.25, 0.3) is 0 Å². The van der Waals surface area contributed by atoms with E-state index in [4.69, 9.17) is 11.6 Å². The maximum Gasteiger partial charge on any atom is 0.257 e. The van der Waals surface area contributed by atoms with Gasteiger partial charge >= 0.3 is 0 Å². The molecule has 2 aromatic carbocycles. The fourth-order valence-electron chi connectivity index (χ4n) is 3.46. The minimum Gasteiger partial charge on any atom is -0.334 e. The van der Waals surface area contributed by atoms with Gasteiger partial charge in [0.2, 0.25) is 0 Å². The Bertz CT molecular complexity index is 1110. The van der Waals surface area contributed by atoms with Crippen molar-refractivity contribution in [3.8, 4) is 0 Å². The van der Waals surface area contributed by atoms with Gasteiger partial charge in [0, 0.05) is 29.2 Å². The summed E-state index contributed by atoms with van der Waals surface area (Å²) in [5.74, 6) is -1.02. The van der Waals surface area contributed by atoms with E-state index in [1.54, 1.807) is 36.5 Å². The minimum absolute atomic E-state index is 0.0345. The Hall–Kier alpha value is -2.70. The number of hydrogen-bond acceptors (Lipinski definition) is 3. The Balaban J connectivity index is 1.56. The Morgan fingerprint density at radius 1 is 1.17 bits per heavy atom. The highest BCUT2D eigenvalue weighted by Gasteiger charge is 2.24. The van der Waals surface area contributed by atoms with Gasteiger partial charge in [0.15, 0.2) is 0 Å². The third-order valence-corrected chi connectivity index (χ3v) is 6.42. The lowest BCUT2D eigenvalue weighted by Gasteiger charge is -2.28. The lowest BCUT2D eigenvalue weighted by Crippen LogP contribution is -2.35. The van der Waals surface area contributed by atoms with Gasteiger partial charge in [-0.2, -0.15) is 0 Å². The van der Waals surface area contributed by atoms with Crippen molar-refractivity contribution in [1.82, 2.24) is 4.90 Å². The van der Waals surface area contributed by atoms with Crippen molar-refractivity contribution in [3.05, 3.63) is 85.8 Å². The number of anilines is 1. The van der Waals surface area contributed by atoms with Crippen LogP contribution in [0, 0.1) is 12.7 Å². The summed E-state index contributed by atoms with van der Waals surface area (Å²) in [5, 5.41) is 4.87. The molecule has 0 bridgehead atoms. The van der Waals surface area contributed by atoms with Crippen LogP contribution in [0.5, 0.6) is 0 Å². The van der Waals surface area contributed by atoms with Crippen LogP contribution >= 0.6 is 22.9 Å². The molecular weight excluding hydrogens is 411 g/mol. The van der Waals surface area contributed by atoms with Crippen molar-refractivity contribution in [2.45, 2.75) is 19.9 Å². The first-order chi connectivity index (χ1) is 13.9. The molecule has 0 aliphatic carbocycles. The molecule has 7 heteroatoms. The number of nitrogens with zero attached hydrogens (tertiary/aromatic N) is 1. The number of rotatable bonds is 3. The Morgan fingerprint density at radius 2 is 2.00 bits per heavy atom. The standard InChI is InChI=1S/C22H18ClFN2O2S/c1-13-16(22(28)26-9-7-20-14(12-26)8-10-29-20)3-2-4-19(13)25-21(27)17-6-5-15(24)11-18(17)23/h2-6,8,10-11H,7,9,12H2,1H3,(H,25,27). The van der Waals surface area contributed by atoms with Crippen LogP contribution in [0.1, 0.15) is 36.7 Å². The summed E-state index contributed by atoms with van der Waals surface area (Å²) >= 11 is 7.71. The number of fused-ring (bicyclic) bond motifs is 1. The lowest BCUT2D eigenvalue weighted by atomic mass is 10.0. The molecule has 4 rings (SSSR count). The van der Waals surface area contributed by atoms with Gasteiger partial charge in [-0.1, -0.05) is 17.7 Å². The minimum atomic E-state index is -0.509. The van der Waals surface area contributed by atoms with Crippen LogP contribution < -0.4 is 5.32 Å². The van der Waals surface area contributed by atoms with E-state index in [9.17, 15) is 14.0 Å². The molecule has 0 saturated carbocycles. The fraction of sp³-hybridized carbons (Fsp3) is 0.182. The maximum atomic E-state index is 13.2. The lowest BCUT2D eigenvalue weighted by molar-refractivity contribution is 0.0735. The van der Waals surface area contributed by atoms with Crippen molar-refractivity contribution in [1.29, 1.82) is 0 Å². The molecule has 1 aliphatic rings. The van der Waals surface area contributed by atoms with Crippen molar-refractivity contribution in [2.24, 2.45) is 0 Å². The summed E-state index contributed by atoms with van der Waals surface area (Å²) < 4.78 is 13.2. The van der Waals surface area contributed by atoms with E-state index in [2.05, 4.69) is 16.8 Å². The number of carbonyl (C=O) groups excluding carboxylic acids is 2. The number of halogens is 2. The monoisotopic (exact) mass is 428 g/mol. The Kier molecular flexibility index (Phi) is 5.39. The number of thiophene rings is 1. The third-order valence-electron chi connectivity index (χ3n) is 5.08. The summed E-state index contributed by atoms with van der Waals surface area (Å²) in [6.07, 6.45) is 0.858. The summed E-state index contributed by atoms with van der Waals surface area (Å²) in [6, 6.07) is 10.9. The molecule has 29 heavy (non-hydrogen) atoms. The van der Waals surface area contributed by atoms with Crippen molar-refractivity contribution in [3.63, 3.8) is 0 Å². The Morgan fingerprint density at radius 3 is 2.79 bits per heavy atom. The zero-order chi connectivity index (χ0) is 20.5. The first-order valence-electron chi connectivity index (χ1n) is 9.14. The SMILES string of the molecule is Cc1c(NC(=O)c2ccc(F)cc2Cl)cccc1C(=O)N1CCc2sccc2C1. The predicted molar refractivity (Wildman–Crippen MR) is 113 cm³/mol. The fourth-order valence-corrected chi connectivity index (χ4v) is 4.60. The van der Waals surface area contributed by atoms with Crippen LogP contribution in [0.4, 0.5) is 10.1 Å². The van der Waals surface area contributed by atoms with Crippen LogP contribution in [0.15, 0.2) is 47.8 Å². The number of benzene rings is 2. The van der Waals surface area contributed by atoms with Crippen LogP contribution in [-0.4, -0.2) is 23.3 Å². The molecule has 0 radical (unpaired) electrons. The molecule has 0 saturated heterocycles. The van der Waals surface area contributed by atoms with E-state index in [1.807, 2.05) is 4.90 Å². The van der Waals surface area contributed by atoms with E-state index < -0.39 is 11.7 Å². The van der Waals surface area contributed by atoms with Gasteiger partial charge in [-0.25, -0.2) is 4.39 Å². The molecule has 0 spiro atoms. The molecule has 2 heterocycles. The quantitative estimate of drug-likeness (QED) is 0.615. The first-order valence-corrected chi connectivity index (χ1v) is 10.4. The van der Waals surface area contributed by atoms with Crippen molar-refractivity contribution >= 4 is 40.4 Å². The summed E-state index contributed by atoms with van der Waals surface area (Å²) in [6.45, 7) is 3.07. The maximum absolute atomic E-state index is 13.2. The largest absolute Gasteiger partial charge is 0.334 e. The van der Waals surface area contributed by atoms with Gasteiger partial charge in [-0.15, -0.1) is 11.3 Å². The normalized spacial score (nSPS) is 13.1. The van der Waals surface area contributed by atoms with Crippen LogP contribution in [-0.2, 0) is 13.0 Å². The summed E-state index contributed by atoms with van der Waals surface area (Å²) in [5.41, 5.74) is 3.12. The Labute approximate surface area is 176 Å². The average Bonchev–Trinajstić information content (AvgIpc) is 3.16. The van der Waals surface area contributed by atoms with E-state index in [0.29, 0.717) is 29.9 Å². The first kappa shape index (κ1) is 19.6. The van der Waals surface area contributed by atoms with Crippen LogP contribution in [0.2, 0.25) is 5.02 Å². The van der Waals surface area contributed by atoms with Gasteiger partial charge in [-0.05, 0) is 66.2 Å². The summed E-state index contributed by atoms with van der Waals surface area (Å²) in [4.78, 5) is 28.9. The van der Waals surface area contributed by atoms with Crippen LogP contribution in [0.3, 0.4) is 0 Å². The highest BCUT2D eigenvalue weighted by atomic mass is 35.5. The number of nitrogens with one attached hydrogen (secondary N) is 1. The van der Waals surface area contributed by atoms with Gasteiger partial charge in [-0.3, -0.25) is 9.59 Å². The topological polar surface area (TPSA) is 49.4 Å². The highest BCUT2D eigenvalue weighted by Crippen LogP contribution is 2.27. The number of carbonyl (C=O) groups is 2. The second-order valence-corrected chi connectivity index (χ2v) is 8.31. The summed E-state index contributed by atoms with van der Waals surface area (Å²) in [7, 11) is 0. The smallest absolute Gasteiger partial charge is 0.257 e. The van der Waals surface area contributed by atoms with E-state index in [0.717, 1.165) is 12.5 Å². The molecule has 0 unspecified atom stereocenters. The molecule has 0 fully saturated rings. The molecule has 0 atom stereocenters. The molecule has 148 valence electrons. The van der Waals surface area contributed by atoms with Gasteiger partial charge in [0.05, 0.1) is 10.6 Å². The molecular formula is C22H18ClFN2O2S. The molecule has 1 aliphatic heterocycles. The third kappa shape index (κ3) is 3.91. The highest BCUT2D eigenvalue weighted by molar-refractivity contribution is 7.10. The van der Waals surface area contributed by atoms with Gasteiger partial charge in [0.25, 0.3) is 11.8 Å². The molecule has 1 aromatic heterocycles. The van der Waals surface area contributed by atoms with E-state index in [1.165, 1.54) is 22.6 Å². The second kappa shape index (κ2) is 7.97. The van der Waals surface area contributed by atoms with Crippen molar-refractivity contribution in [2.75, 3.05) is 11.9 Å². The zero-order valence-corrected chi connectivity index (χ0v) is 17.2.